The van der Waals surface area contributed by atoms with Crippen LogP contribution in [0.2, 0.25) is 0 Å². The first kappa shape index (κ1) is 26.7. The van der Waals surface area contributed by atoms with Gasteiger partial charge in [-0.25, -0.2) is 0 Å². The molecule has 0 bridgehead atoms. The number of benzene rings is 2. The number of anilines is 3. The maximum Gasteiger partial charge on any atom is 0.228 e. The van der Waals surface area contributed by atoms with E-state index in [-0.39, 0.29) is 12.3 Å². The molecule has 1 heterocycles. The van der Waals surface area contributed by atoms with Crippen LogP contribution in [0.5, 0.6) is 0 Å². The van der Waals surface area contributed by atoms with Crippen molar-refractivity contribution in [1.29, 1.82) is 0 Å². The normalized spacial score (nSPS) is 15.2. The third-order valence-electron chi connectivity index (χ3n) is 5.71. The number of nitrogens with one attached hydrogen (secondary N) is 2. The van der Waals surface area contributed by atoms with Crippen molar-refractivity contribution < 1.29 is 4.79 Å². The highest BCUT2D eigenvalue weighted by Crippen LogP contribution is 2.36. The van der Waals surface area contributed by atoms with Gasteiger partial charge < -0.3 is 25.3 Å². The molecule has 1 unspecified atom stereocenters. The van der Waals surface area contributed by atoms with Gasteiger partial charge in [-0.15, -0.1) is 0 Å². The number of alkyl halides is 3. The Kier molecular flexibility index (Phi) is 9.15. The lowest BCUT2D eigenvalue weighted by atomic mass is 10.1. The van der Waals surface area contributed by atoms with Crippen LogP contribution in [0.4, 0.5) is 17.1 Å². The van der Waals surface area contributed by atoms with E-state index in [0.717, 1.165) is 35.6 Å². The quantitative estimate of drug-likeness (QED) is 0.360. The molecule has 6 nitrogen and oxygen atoms in total. The van der Waals surface area contributed by atoms with E-state index in [1.807, 2.05) is 79.5 Å². The minimum atomic E-state index is -1.77. The molecule has 1 saturated heterocycles. The number of carbonyl (C=O) groups excluding carboxylic acids is 1. The lowest BCUT2D eigenvalue weighted by molar-refractivity contribution is -0.122. The highest BCUT2D eigenvalue weighted by atomic mass is 35.6. The molecule has 1 amide bonds. The number of para-hydroxylation sites is 2. The van der Waals surface area contributed by atoms with Gasteiger partial charge in [0, 0.05) is 46.3 Å². The van der Waals surface area contributed by atoms with Gasteiger partial charge in [-0.3, -0.25) is 4.79 Å². The van der Waals surface area contributed by atoms with Crippen LogP contribution in [0, 0.1) is 0 Å². The van der Waals surface area contributed by atoms with Crippen LogP contribution in [-0.4, -0.2) is 60.1 Å². The van der Waals surface area contributed by atoms with E-state index in [1.54, 1.807) is 4.90 Å². The Labute approximate surface area is 222 Å². The number of nitrogens with zero attached hydrogens (tertiary/aromatic N) is 3. The molecule has 1 aliphatic rings. The molecule has 2 aromatic rings. The van der Waals surface area contributed by atoms with Crippen molar-refractivity contribution in [3.8, 4) is 0 Å². The summed E-state index contributed by atoms with van der Waals surface area (Å²) < 4.78 is -1.77. The number of halogens is 3. The maximum atomic E-state index is 12.9. The molecule has 34 heavy (non-hydrogen) atoms. The van der Waals surface area contributed by atoms with Crippen LogP contribution in [0.25, 0.3) is 0 Å². The average Bonchev–Trinajstić information content (AvgIpc) is 2.81. The largest absolute Gasteiger partial charge is 0.388 e. The fourth-order valence-electron chi connectivity index (χ4n) is 3.94. The van der Waals surface area contributed by atoms with E-state index in [4.69, 9.17) is 47.0 Å². The second-order valence-corrected chi connectivity index (χ2v) is 11.1. The molecule has 0 radical (unpaired) electrons. The second kappa shape index (κ2) is 11.7. The third kappa shape index (κ3) is 6.60. The van der Waals surface area contributed by atoms with Crippen molar-refractivity contribution in [2.24, 2.45) is 0 Å². The molecule has 1 aliphatic heterocycles. The monoisotopic (exact) mass is 541 g/mol. The number of rotatable bonds is 8. The zero-order chi connectivity index (χ0) is 24.9. The zero-order valence-corrected chi connectivity index (χ0v) is 22.6. The van der Waals surface area contributed by atoms with Gasteiger partial charge in [0.1, 0.15) is 0 Å². The van der Waals surface area contributed by atoms with Crippen molar-refractivity contribution in [3.63, 3.8) is 0 Å². The van der Waals surface area contributed by atoms with Gasteiger partial charge in [0.05, 0.1) is 11.4 Å². The summed E-state index contributed by atoms with van der Waals surface area (Å²) in [5.41, 5.74) is 4.08. The van der Waals surface area contributed by atoms with Gasteiger partial charge in [-0.1, -0.05) is 59.1 Å². The molecular formula is C24H30Cl3N5OS. The lowest BCUT2D eigenvalue weighted by Gasteiger charge is -2.45. The summed E-state index contributed by atoms with van der Waals surface area (Å²) in [5, 5.41) is 6.51. The lowest BCUT2D eigenvalue weighted by Crippen LogP contribution is -2.62. The first-order chi connectivity index (χ1) is 16.1. The summed E-state index contributed by atoms with van der Waals surface area (Å²) in [7, 11) is 5.84. The first-order valence-corrected chi connectivity index (χ1v) is 12.6. The number of hydrogen-bond acceptors (Lipinski definition) is 4. The van der Waals surface area contributed by atoms with Crippen LogP contribution in [0.1, 0.15) is 18.4 Å². The predicted octanol–water partition coefficient (Wildman–Crippen LogP) is 5.04. The van der Waals surface area contributed by atoms with Gasteiger partial charge >= 0.3 is 0 Å². The smallest absolute Gasteiger partial charge is 0.228 e. The summed E-state index contributed by atoms with van der Waals surface area (Å²) in [6.45, 7) is 1.31. The van der Waals surface area contributed by atoms with Gasteiger partial charge in [0.2, 0.25) is 9.70 Å². The van der Waals surface area contributed by atoms with Gasteiger partial charge in [-0.2, -0.15) is 0 Å². The number of aryl methyl sites for hydroxylation is 1. The molecule has 0 aliphatic carbocycles. The highest BCUT2D eigenvalue weighted by Gasteiger charge is 2.42. The average molecular weight is 543 g/mol. The van der Waals surface area contributed by atoms with E-state index >= 15 is 0 Å². The molecule has 0 saturated carbocycles. The first-order valence-electron chi connectivity index (χ1n) is 11.1. The Balaban J connectivity index is 1.74. The van der Waals surface area contributed by atoms with Crippen LogP contribution in [-0.2, 0) is 11.2 Å². The van der Waals surface area contributed by atoms with Gasteiger partial charge in [0.15, 0.2) is 11.3 Å². The standard InChI is InChI=1S/C24H30Cl3N5OS/c1-28-18-12-9-17(10-13-18)11-14-21(33)29-22(24(25,26)27)32-16-6-15-31(23(32)34)20-8-5-4-7-19(20)30(2)3/h4-5,7-10,12-13,22,28H,6,11,14-16H2,1-3H3,(H,29,33). The Bertz CT molecular complexity index is 997. The Morgan fingerprint density at radius 1 is 1.12 bits per heavy atom. The molecule has 10 heteroatoms. The second-order valence-electron chi connectivity index (χ2n) is 8.32. The van der Waals surface area contributed by atoms with E-state index in [0.29, 0.717) is 18.1 Å². The topological polar surface area (TPSA) is 50.9 Å². The fourth-order valence-corrected chi connectivity index (χ4v) is 4.84. The minimum Gasteiger partial charge on any atom is -0.388 e. The van der Waals surface area contributed by atoms with Crippen molar-refractivity contribution in [2.45, 2.75) is 29.2 Å². The molecule has 2 aromatic carbocycles. The molecule has 0 spiro atoms. The number of carbonyl (C=O) groups is 1. The molecule has 1 atom stereocenters. The number of hydrogen-bond donors (Lipinski definition) is 2. The highest BCUT2D eigenvalue weighted by molar-refractivity contribution is 7.80. The molecule has 2 N–H and O–H groups in total. The molecule has 184 valence electrons. The SMILES string of the molecule is CNc1ccc(CCC(=O)NC(N2CCCN(c3ccccc3N(C)C)C2=S)C(Cl)(Cl)Cl)cc1. The van der Waals surface area contributed by atoms with Gasteiger partial charge in [0.25, 0.3) is 0 Å². The Morgan fingerprint density at radius 3 is 2.41 bits per heavy atom. The van der Waals surface area contributed by atoms with E-state index < -0.39 is 9.96 Å². The summed E-state index contributed by atoms with van der Waals surface area (Å²) in [5.74, 6) is -0.206. The van der Waals surface area contributed by atoms with Crippen LogP contribution < -0.4 is 20.4 Å². The van der Waals surface area contributed by atoms with Crippen LogP contribution in [0.3, 0.4) is 0 Å². The maximum absolute atomic E-state index is 12.9. The summed E-state index contributed by atoms with van der Waals surface area (Å²) in [4.78, 5) is 18.7. The molecule has 3 rings (SSSR count). The van der Waals surface area contributed by atoms with Crippen molar-refractivity contribution >= 4 is 75.1 Å². The Morgan fingerprint density at radius 2 is 1.79 bits per heavy atom. The van der Waals surface area contributed by atoms with Crippen molar-refractivity contribution in [3.05, 3.63) is 54.1 Å². The minimum absolute atomic E-state index is 0.206. The Hall–Kier alpha value is -1.93. The summed E-state index contributed by atoms with van der Waals surface area (Å²) >= 11 is 24.9. The fraction of sp³-hybridized carbons (Fsp3) is 0.417. The number of thiocarbonyl (C=S) groups is 1. The third-order valence-corrected chi connectivity index (χ3v) is 6.79. The van der Waals surface area contributed by atoms with E-state index in [9.17, 15) is 4.79 Å². The molecule has 1 fully saturated rings. The molecule has 0 aromatic heterocycles. The molecular weight excluding hydrogens is 513 g/mol. The van der Waals surface area contributed by atoms with Crippen LogP contribution in [0.15, 0.2) is 48.5 Å². The van der Waals surface area contributed by atoms with Crippen molar-refractivity contribution in [2.75, 3.05) is 49.3 Å². The number of amides is 1. The summed E-state index contributed by atoms with van der Waals surface area (Å²) in [6, 6.07) is 16.0. The van der Waals surface area contributed by atoms with E-state index in [2.05, 4.69) is 10.6 Å². The zero-order valence-electron chi connectivity index (χ0n) is 19.5. The van der Waals surface area contributed by atoms with E-state index in [1.165, 1.54) is 0 Å². The van der Waals surface area contributed by atoms with Gasteiger partial charge in [-0.05, 0) is 54.9 Å². The summed E-state index contributed by atoms with van der Waals surface area (Å²) in [6.07, 6.45) is 0.754. The predicted molar refractivity (Wildman–Crippen MR) is 149 cm³/mol. The van der Waals surface area contributed by atoms with Crippen molar-refractivity contribution in [1.82, 2.24) is 10.2 Å². The van der Waals surface area contributed by atoms with Crippen LogP contribution >= 0.6 is 47.0 Å².